The summed E-state index contributed by atoms with van der Waals surface area (Å²) in [5, 5.41) is 0. The van der Waals surface area contributed by atoms with E-state index in [2.05, 4.69) is 4.98 Å². The van der Waals surface area contributed by atoms with Crippen LogP contribution in [-0.2, 0) is 5.88 Å². The minimum absolute atomic E-state index is 0. The minimum atomic E-state index is 0. The summed E-state index contributed by atoms with van der Waals surface area (Å²) < 4.78 is 4.86. The van der Waals surface area contributed by atoms with E-state index in [-0.39, 0.29) is 12.4 Å². The lowest BCUT2D eigenvalue weighted by atomic mass is 10.3. The number of methoxy groups -OCH3 is 1. The monoisotopic (exact) mass is 193 g/mol. The highest BCUT2D eigenvalue weighted by Crippen LogP contribution is 2.07. The van der Waals surface area contributed by atoms with Crippen LogP contribution in [0.2, 0.25) is 0 Å². The van der Waals surface area contributed by atoms with Crippen molar-refractivity contribution in [3.63, 3.8) is 0 Å². The van der Waals surface area contributed by atoms with E-state index in [4.69, 9.17) is 16.3 Å². The van der Waals surface area contributed by atoms with Crippen molar-refractivity contribution in [3.05, 3.63) is 23.9 Å². The van der Waals surface area contributed by atoms with Gasteiger partial charge in [0.15, 0.2) is 0 Å². The van der Waals surface area contributed by atoms with E-state index in [9.17, 15) is 0 Å². The highest BCUT2D eigenvalue weighted by molar-refractivity contribution is 6.17. The topological polar surface area (TPSA) is 22.1 Å². The van der Waals surface area contributed by atoms with Crippen LogP contribution in [0.5, 0.6) is 5.88 Å². The maximum absolute atomic E-state index is 5.54. The summed E-state index contributed by atoms with van der Waals surface area (Å²) in [6.45, 7) is 0. The fourth-order valence-corrected chi connectivity index (χ4v) is 0.769. The van der Waals surface area contributed by atoms with E-state index in [1.165, 1.54) is 0 Å². The summed E-state index contributed by atoms with van der Waals surface area (Å²) in [5.41, 5.74) is 1.00. The molecule has 0 atom stereocenters. The molecule has 0 fully saturated rings. The molecule has 0 saturated carbocycles. The first-order valence-corrected chi connectivity index (χ1v) is 3.45. The molecule has 0 spiro atoms. The van der Waals surface area contributed by atoms with Gasteiger partial charge in [-0.25, -0.2) is 4.98 Å². The quantitative estimate of drug-likeness (QED) is 0.673. The highest BCUT2D eigenvalue weighted by atomic mass is 35.5. The molecule has 0 aliphatic rings. The van der Waals surface area contributed by atoms with Crippen LogP contribution in [0.3, 0.4) is 0 Å². The normalized spacial score (nSPS) is 8.55. The first-order chi connectivity index (χ1) is 4.86. The Hall–Kier alpha value is -0.470. The number of ether oxygens (including phenoxy) is 1. The summed E-state index contributed by atoms with van der Waals surface area (Å²) in [7, 11) is 1.59. The lowest BCUT2D eigenvalue weighted by Gasteiger charge is -1.97. The van der Waals surface area contributed by atoms with Crippen molar-refractivity contribution in [3.8, 4) is 5.88 Å². The van der Waals surface area contributed by atoms with Crippen LogP contribution in [0.4, 0.5) is 0 Å². The Balaban J connectivity index is 0.000001000. The molecule has 0 saturated heterocycles. The molecule has 62 valence electrons. The highest BCUT2D eigenvalue weighted by Gasteiger charge is 1.91. The standard InChI is InChI=1S/C7H8ClNO.ClH/c1-10-7-3-2-6(4-8)5-9-7;/h2-3,5H,4H2,1H3;1H. The third-order valence-electron chi connectivity index (χ3n) is 1.16. The smallest absolute Gasteiger partial charge is 0.212 e. The second kappa shape index (κ2) is 5.22. The molecule has 1 aromatic rings. The number of alkyl halides is 1. The molecule has 1 heterocycles. The van der Waals surface area contributed by atoms with Gasteiger partial charge in [0.05, 0.1) is 7.11 Å². The molecule has 4 heteroatoms. The molecular weight excluding hydrogens is 185 g/mol. The van der Waals surface area contributed by atoms with Crippen LogP contribution in [0.1, 0.15) is 5.56 Å². The second-order valence-corrected chi connectivity index (χ2v) is 2.11. The van der Waals surface area contributed by atoms with Gasteiger partial charge in [0, 0.05) is 18.1 Å². The molecule has 0 bridgehead atoms. The maximum Gasteiger partial charge on any atom is 0.212 e. The Morgan fingerprint density at radius 2 is 2.27 bits per heavy atom. The van der Waals surface area contributed by atoms with Crippen LogP contribution in [0.25, 0.3) is 0 Å². The fraction of sp³-hybridized carbons (Fsp3) is 0.286. The van der Waals surface area contributed by atoms with Crippen LogP contribution in [-0.4, -0.2) is 12.1 Å². The molecule has 1 aromatic heterocycles. The molecule has 2 nitrogen and oxygen atoms in total. The lowest BCUT2D eigenvalue weighted by molar-refractivity contribution is 0.397. The van der Waals surface area contributed by atoms with Crippen molar-refractivity contribution in [2.24, 2.45) is 0 Å². The zero-order valence-corrected chi connectivity index (χ0v) is 7.65. The van der Waals surface area contributed by atoms with Crippen molar-refractivity contribution in [1.29, 1.82) is 0 Å². The van der Waals surface area contributed by atoms with Crippen LogP contribution in [0.15, 0.2) is 18.3 Å². The Morgan fingerprint density at radius 3 is 2.64 bits per heavy atom. The van der Waals surface area contributed by atoms with Crippen molar-refractivity contribution < 1.29 is 4.74 Å². The van der Waals surface area contributed by atoms with Gasteiger partial charge in [0.1, 0.15) is 0 Å². The van der Waals surface area contributed by atoms with Crippen LogP contribution >= 0.6 is 24.0 Å². The van der Waals surface area contributed by atoms with E-state index in [0.717, 1.165) is 5.56 Å². The number of pyridine rings is 1. The predicted molar refractivity (Wildman–Crippen MR) is 47.6 cm³/mol. The average molecular weight is 194 g/mol. The van der Waals surface area contributed by atoms with Crippen LogP contribution < -0.4 is 4.74 Å². The number of nitrogens with zero attached hydrogens (tertiary/aromatic N) is 1. The number of halogens is 2. The first-order valence-electron chi connectivity index (χ1n) is 2.91. The van der Waals surface area contributed by atoms with Crippen molar-refractivity contribution >= 4 is 24.0 Å². The Morgan fingerprint density at radius 1 is 1.55 bits per heavy atom. The van der Waals surface area contributed by atoms with E-state index < -0.39 is 0 Å². The van der Waals surface area contributed by atoms with Gasteiger partial charge >= 0.3 is 0 Å². The van der Waals surface area contributed by atoms with E-state index >= 15 is 0 Å². The zero-order chi connectivity index (χ0) is 7.40. The molecule has 0 aliphatic heterocycles. The minimum Gasteiger partial charge on any atom is -0.481 e. The molecule has 1 rings (SSSR count). The van der Waals surface area contributed by atoms with Gasteiger partial charge in [-0.1, -0.05) is 6.07 Å². The summed E-state index contributed by atoms with van der Waals surface area (Å²) in [6.07, 6.45) is 1.70. The molecule has 11 heavy (non-hydrogen) atoms. The summed E-state index contributed by atoms with van der Waals surface area (Å²) >= 11 is 5.54. The molecule has 0 radical (unpaired) electrons. The molecular formula is C7H9Cl2NO. The van der Waals surface area contributed by atoms with Crippen molar-refractivity contribution in [2.45, 2.75) is 5.88 Å². The Kier molecular flexibility index (Phi) is 4.99. The Labute approximate surface area is 77.0 Å². The molecule has 0 unspecified atom stereocenters. The van der Waals surface area contributed by atoms with E-state index in [1.807, 2.05) is 6.07 Å². The largest absolute Gasteiger partial charge is 0.481 e. The number of hydrogen-bond donors (Lipinski definition) is 0. The van der Waals surface area contributed by atoms with Gasteiger partial charge in [-0.05, 0) is 5.56 Å². The molecule has 0 N–H and O–H groups in total. The van der Waals surface area contributed by atoms with Gasteiger partial charge in [-0.2, -0.15) is 0 Å². The van der Waals surface area contributed by atoms with Gasteiger partial charge < -0.3 is 4.74 Å². The number of rotatable bonds is 2. The molecule has 0 aromatic carbocycles. The third kappa shape index (κ3) is 2.95. The average Bonchev–Trinajstić information content (AvgIpc) is 2.05. The predicted octanol–water partition coefficient (Wildman–Crippen LogP) is 2.25. The SMILES string of the molecule is COc1ccc(CCl)cn1.Cl. The van der Waals surface area contributed by atoms with Gasteiger partial charge in [0.2, 0.25) is 5.88 Å². The fourth-order valence-electron chi connectivity index (χ4n) is 0.611. The maximum atomic E-state index is 5.54. The van der Waals surface area contributed by atoms with Gasteiger partial charge in [0.25, 0.3) is 0 Å². The second-order valence-electron chi connectivity index (χ2n) is 1.84. The zero-order valence-electron chi connectivity index (χ0n) is 6.08. The lowest BCUT2D eigenvalue weighted by Crippen LogP contribution is -1.87. The van der Waals surface area contributed by atoms with Crippen molar-refractivity contribution in [2.75, 3.05) is 7.11 Å². The number of hydrogen-bond acceptors (Lipinski definition) is 2. The molecule has 0 amide bonds. The van der Waals surface area contributed by atoms with Gasteiger partial charge in [-0.3, -0.25) is 0 Å². The Bertz CT molecular complexity index is 177. The first kappa shape index (κ1) is 10.5. The van der Waals surface area contributed by atoms with Gasteiger partial charge in [-0.15, -0.1) is 24.0 Å². The number of aromatic nitrogens is 1. The van der Waals surface area contributed by atoms with Crippen molar-refractivity contribution in [1.82, 2.24) is 4.98 Å². The van der Waals surface area contributed by atoms with E-state index in [1.54, 1.807) is 19.4 Å². The molecule has 0 aliphatic carbocycles. The summed E-state index contributed by atoms with van der Waals surface area (Å²) in [4.78, 5) is 3.96. The van der Waals surface area contributed by atoms with Crippen LogP contribution in [0, 0.1) is 0 Å². The van der Waals surface area contributed by atoms with E-state index in [0.29, 0.717) is 11.8 Å². The summed E-state index contributed by atoms with van der Waals surface area (Å²) in [6, 6.07) is 3.68. The third-order valence-corrected chi connectivity index (χ3v) is 1.47. The summed E-state index contributed by atoms with van der Waals surface area (Å²) in [5.74, 6) is 1.12.